The van der Waals surface area contributed by atoms with Crippen LogP contribution in [0.4, 0.5) is 19.4 Å². The van der Waals surface area contributed by atoms with Crippen molar-refractivity contribution < 1.29 is 23.5 Å². The van der Waals surface area contributed by atoms with E-state index in [0.29, 0.717) is 46.5 Å². The number of piperidine rings is 1. The molecule has 11 nitrogen and oxygen atoms in total. The minimum atomic E-state index is -3.18. The lowest BCUT2D eigenvalue weighted by Crippen LogP contribution is -2.32. The Bertz CT molecular complexity index is 1830. The number of rotatable bonds is 11. The summed E-state index contributed by atoms with van der Waals surface area (Å²) in [5.41, 5.74) is 0.533. The molecule has 4 aromatic rings. The predicted octanol–water partition coefficient (Wildman–Crippen LogP) is 5.36. The van der Waals surface area contributed by atoms with Gasteiger partial charge in [-0.05, 0) is 69.6 Å². The van der Waals surface area contributed by atoms with E-state index in [1.54, 1.807) is 35.9 Å². The van der Waals surface area contributed by atoms with Gasteiger partial charge in [0.05, 0.1) is 5.39 Å². The van der Waals surface area contributed by atoms with E-state index in [1.807, 2.05) is 0 Å². The van der Waals surface area contributed by atoms with Crippen LogP contribution in [0.5, 0.6) is 0 Å². The number of urea groups is 1. The number of nitrogens with zero attached hydrogens (tertiary/aromatic N) is 5. The van der Waals surface area contributed by atoms with Gasteiger partial charge < -0.3 is 19.9 Å². The molecular weight excluding hydrogens is 616 g/mol. The van der Waals surface area contributed by atoms with E-state index in [9.17, 15) is 28.3 Å². The average molecular weight is 652 g/mol. The number of halogens is 2. The highest BCUT2D eigenvalue weighted by atomic mass is 32.1. The lowest BCUT2D eigenvalue weighted by atomic mass is 9.97. The molecule has 0 unspecified atom stereocenters. The topological polar surface area (TPSA) is 142 Å². The Morgan fingerprint density at radius 1 is 1.22 bits per heavy atom. The Balaban J connectivity index is 1.52. The number of thiazole rings is 1. The summed E-state index contributed by atoms with van der Waals surface area (Å²) in [6, 6.07) is 4.35. The van der Waals surface area contributed by atoms with Crippen molar-refractivity contribution in [2.75, 3.05) is 32.0 Å². The van der Waals surface area contributed by atoms with Gasteiger partial charge in [0.15, 0.2) is 0 Å². The van der Waals surface area contributed by atoms with Crippen molar-refractivity contribution >= 4 is 40.2 Å². The van der Waals surface area contributed by atoms with Crippen LogP contribution in [-0.2, 0) is 18.9 Å². The number of amides is 2. The zero-order valence-electron chi connectivity index (χ0n) is 25.6. The Morgan fingerprint density at radius 2 is 1.98 bits per heavy atom. The van der Waals surface area contributed by atoms with Crippen molar-refractivity contribution in [3.63, 3.8) is 0 Å². The molecule has 0 spiro atoms. The van der Waals surface area contributed by atoms with Gasteiger partial charge in [0, 0.05) is 55.0 Å². The smallest absolute Gasteiger partial charge is 0.341 e. The summed E-state index contributed by atoms with van der Waals surface area (Å²) in [5.74, 6) is -4.00. The normalized spacial score (nSPS) is 14.3. The van der Waals surface area contributed by atoms with E-state index in [1.165, 1.54) is 11.6 Å². The summed E-state index contributed by atoms with van der Waals surface area (Å²) in [7, 11) is 2.07. The van der Waals surface area contributed by atoms with Gasteiger partial charge in [0.25, 0.3) is 5.92 Å². The number of anilines is 1. The summed E-state index contributed by atoms with van der Waals surface area (Å²) >= 11 is 1.04. The number of carboxylic acid groups (broad SMARTS) is 1. The molecule has 46 heavy (non-hydrogen) atoms. The first-order valence-electron chi connectivity index (χ1n) is 14.9. The van der Waals surface area contributed by atoms with Crippen LogP contribution in [0.15, 0.2) is 53.4 Å². The molecule has 1 aliphatic rings. The molecule has 0 aliphatic carbocycles. The van der Waals surface area contributed by atoms with Crippen molar-refractivity contribution in [1.29, 1.82) is 0 Å². The highest BCUT2D eigenvalue weighted by molar-refractivity contribution is 7.13. The number of likely N-dealkylation sites (tertiary alicyclic amines) is 1. The van der Waals surface area contributed by atoms with Crippen molar-refractivity contribution in [1.82, 2.24) is 29.7 Å². The van der Waals surface area contributed by atoms with Gasteiger partial charge in [0.1, 0.15) is 27.7 Å². The lowest BCUT2D eigenvalue weighted by Gasteiger charge is -2.29. The second-order valence-corrected chi connectivity index (χ2v) is 12.3. The summed E-state index contributed by atoms with van der Waals surface area (Å²) < 4.78 is 30.8. The van der Waals surface area contributed by atoms with Crippen molar-refractivity contribution in [3.8, 4) is 10.6 Å². The van der Waals surface area contributed by atoms with Crippen LogP contribution in [0.25, 0.3) is 21.6 Å². The fourth-order valence-corrected chi connectivity index (χ4v) is 6.34. The minimum absolute atomic E-state index is 0.150. The predicted molar refractivity (Wildman–Crippen MR) is 173 cm³/mol. The Hall–Kier alpha value is -4.56. The number of fused-ring (bicyclic) bond motifs is 1. The maximum absolute atomic E-state index is 14.5. The number of nitrogens with one attached hydrogen (secondary N) is 2. The second kappa shape index (κ2) is 13.8. The Labute approximate surface area is 268 Å². The molecule has 5 rings (SSSR count). The molecule has 14 heteroatoms. The molecule has 0 radical (unpaired) electrons. The summed E-state index contributed by atoms with van der Waals surface area (Å²) in [5, 5.41) is 16.9. The Morgan fingerprint density at radius 3 is 2.67 bits per heavy atom. The van der Waals surface area contributed by atoms with Crippen LogP contribution >= 0.6 is 11.3 Å². The number of carboxylic acids is 1. The quantitative estimate of drug-likeness (QED) is 0.184. The van der Waals surface area contributed by atoms with E-state index in [2.05, 4.69) is 44.1 Å². The molecule has 1 fully saturated rings. The van der Waals surface area contributed by atoms with Crippen LogP contribution in [-0.4, -0.2) is 68.2 Å². The van der Waals surface area contributed by atoms with Crippen LogP contribution in [0.1, 0.15) is 53.5 Å². The third kappa shape index (κ3) is 7.45. The van der Waals surface area contributed by atoms with Gasteiger partial charge >= 0.3 is 12.0 Å². The molecule has 0 atom stereocenters. The van der Waals surface area contributed by atoms with E-state index < -0.39 is 29.8 Å². The highest BCUT2D eigenvalue weighted by Crippen LogP contribution is 2.36. The summed E-state index contributed by atoms with van der Waals surface area (Å²) in [6.45, 7) is 7.96. The molecule has 3 N–H and O–H groups in total. The standard InChI is InChI=1S/C32H35F2N7O4S/c1-4-8-32(33,34)25-18-46-29(38-25)21-13-22(37-26(14-21)39-31(45)35-5-2)11-20-12-23-27(42)24(30(43)44)17-41(28(23)36-15-20)16-19-6-9-40(3)10-7-19/h4,12-15,17-19H,1,5-11,16H2,2-3H3,(H,43,44)(H2,35,37,39,45). The molecule has 4 aromatic heterocycles. The number of allylic oxidation sites excluding steroid dienone is 1. The van der Waals surface area contributed by atoms with E-state index in [4.69, 9.17) is 0 Å². The molecule has 1 aliphatic heterocycles. The number of carbonyl (C=O) groups is 2. The number of hydrogen-bond donors (Lipinski definition) is 3. The van der Waals surface area contributed by atoms with Gasteiger partial charge in [-0.1, -0.05) is 6.08 Å². The zero-order valence-corrected chi connectivity index (χ0v) is 26.4. The molecule has 242 valence electrons. The summed E-state index contributed by atoms with van der Waals surface area (Å²) in [4.78, 5) is 53.2. The number of aromatic carboxylic acids is 1. The SMILES string of the molecule is C=CCC(F)(F)c1csc(-c2cc(Cc3cnc4c(c3)c(=O)c(C(=O)O)cn4CC3CCN(C)CC3)nc(NC(=O)NCC)c2)n1. The molecule has 1 saturated heterocycles. The maximum Gasteiger partial charge on any atom is 0.341 e. The Kier molecular flexibility index (Phi) is 9.87. The lowest BCUT2D eigenvalue weighted by molar-refractivity contribution is -0.00472. The third-order valence-corrected chi connectivity index (χ3v) is 8.75. The third-order valence-electron chi connectivity index (χ3n) is 7.86. The van der Waals surface area contributed by atoms with E-state index >= 15 is 0 Å². The van der Waals surface area contributed by atoms with Gasteiger partial charge in [0.2, 0.25) is 5.43 Å². The highest BCUT2D eigenvalue weighted by Gasteiger charge is 2.33. The number of hydrogen-bond acceptors (Lipinski definition) is 8. The first-order valence-corrected chi connectivity index (χ1v) is 15.8. The maximum atomic E-state index is 14.5. The fraction of sp³-hybridized carbons (Fsp3) is 0.375. The zero-order chi connectivity index (χ0) is 33.0. The van der Waals surface area contributed by atoms with Crippen molar-refractivity contribution in [2.45, 2.75) is 45.1 Å². The summed E-state index contributed by atoms with van der Waals surface area (Å²) in [6.07, 6.45) is 5.62. The average Bonchev–Trinajstić information content (AvgIpc) is 3.51. The van der Waals surface area contributed by atoms with Crippen molar-refractivity contribution in [2.24, 2.45) is 5.92 Å². The monoisotopic (exact) mass is 651 g/mol. The number of alkyl halides is 2. The van der Waals surface area contributed by atoms with Gasteiger partial charge in [-0.3, -0.25) is 10.1 Å². The molecule has 2 amide bonds. The number of carbonyl (C=O) groups excluding carboxylic acids is 1. The molecular formula is C32H35F2N7O4S. The number of aromatic nitrogens is 4. The van der Waals surface area contributed by atoms with Gasteiger partial charge in [-0.25, -0.2) is 24.5 Å². The largest absolute Gasteiger partial charge is 0.477 e. The van der Waals surface area contributed by atoms with Crippen LogP contribution in [0.3, 0.4) is 0 Å². The second-order valence-electron chi connectivity index (χ2n) is 11.4. The van der Waals surface area contributed by atoms with E-state index in [-0.39, 0.29) is 28.9 Å². The first-order chi connectivity index (χ1) is 22.0. The molecule has 0 aromatic carbocycles. The van der Waals surface area contributed by atoms with Crippen LogP contribution < -0.4 is 16.1 Å². The van der Waals surface area contributed by atoms with Gasteiger partial charge in [-0.2, -0.15) is 8.78 Å². The molecule has 0 saturated carbocycles. The molecule has 0 bridgehead atoms. The van der Waals surface area contributed by atoms with E-state index in [0.717, 1.165) is 43.3 Å². The molecule has 5 heterocycles. The number of pyridine rings is 3. The van der Waals surface area contributed by atoms with Crippen LogP contribution in [0.2, 0.25) is 0 Å². The first kappa shape index (κ1) is 32.8. The minimum Gasteiger partial charge on any atom is -0.477 e. The fourth-order valence-electron chi connectivity index (χ4n) is 5.48. The van der Waals surface area contributed by atoms with Crippen LogP contribution in [0, 0.1) is 5.92 Å². The van der Waals surface area contributed by atoms with Gasteiger partial charge in [-0.15, -0.1) is 17.9 Å². The van der Waals surface area contributed by atoms with Crippen molar-refractivity contribution in [3.05, 3.63) is 81.4 Å².